The molecule has 0 saturated heterocycles. The normalized spacial score (nSPS) is 11.4. The van der Waals surface area contributed by atoms with Crippen LogP contribution in [0.5, 0.6) is 0 Å². The summed E-state index contributed by atoms with van der Waals surface area (Å²) in [6.45, 7) is 4.23. The minimum Gasteiger partial charge on any atom is -0.428 e. The van der Waals surface area contributed by atoms with Crippen molar-refractivity contribution in [2.75, 3.05) is 0 Å². The fourth-order valence-corrected chi connectivity index (χ4v) is 1.53. The second kappa shape index (κ2) is 3.29. The number of aromatic nitrogens is 3. The van der Waals surface area contributed by atoms with Crippen molar-refractivity contribution in [3.05, 3.63) is 24.0 Å². The molecule has 0 aromatic rings. The van der Waals surface area contributed by atoms with Crippen LogP contribution in [0.3, 0.4) is 0 Å². The number of pyridine rings is 1. The van der Waals surface area contributed by atoms with E-state index in [-0.39, 0.29) is 0 Å². The summed E-state index contributed by atoms with van der Waals surface area (Å²) < 4.78 is 1.09. The maximum Gasteiger partial charge on any atom is 0.130 e. The molecule has 0 fully saturated rings. The first-order chi connectivity index (χ1) is 6.68. The van der Waals surface area contributed by atoms with Gasteiger partial charge in [-0.05, 0) is 24.5 Å². The third-order valence-electron chi connectivity index (χ3n) is 2.11. The van der Waals surface area contributed by atoms with Crippen molar-refractivity contribution in [2.24, 2.45) is 5.92 Å². The van der Waals surface area contributed by atoms with Crippen molar-refractivity contribution in [1.82, 2.24) is 14.9 Å². The maximum atomic E-state index is 9.59. The molecule has 2 aliphatic rings. The van der Waals surface area contributed by atoms with Gasteiger partial charge in [-0.25, -0.2) is 0 Å². The Kier molecular flexibility index (Phi) is 2.11. The fourth-order valence-electron chi connectivity index (χ4n) is 1.53. The van der Waals surface area contributed by atoms with E-state index in [9.17, 15) is 5.21 Å². The summed E-state index contributed by atoms with van der Waals surface area (Å²) in [5.74, 6) is 0.509. The van der Waals surface area contributed by atoms with Crippen molar-refractivity contribution >= 4 is 0 Å². The zero-order valence-corrected chi connectivity index (χ0v) is 8.31. The van der Waals surface area contributed by atoms with Crippen molar-refractivity contribution in [3.63, 3.8) is 0 Å². The number of hydrogen-bond acceptors (Lipinski definition) is 3. The van der Waals surface area contributed by atoms with Crippen molar-refractivity contribution in [2.45, 2.75) is 20.3 Å². The average molecular weight is 191 g/mol. The number of rotatable bonds is 2. The Bertz CT molecular complexity index is 408. The lowest BCUT2D eigenvalue weighted by molar-refractivity contribution is 0.188. The number of fused-ring (bicyclic) bond motifs is 1. The molecule has 0 aliphatic carbocycles. The van der Waals surface area contributed by atoms with Crippen molar-refractivity contribution in [3.8, 4) is 11.4 Å². The Morgan fingerprint density at radius 3 is 2.93 bits per heavy atom. The summed E-state index contributed by atoms with van der Waals surface area (Å²) in [6.07, 6.45) is 2.43. The smallest absolute Gasteiger partial charge is 0.130 e. The zero-order chi connectivity index (χ0) is 10.1. The Labute approximate surface area is 82.5 Å². The molecule has 14 heavy (non-hydrogen) atoms. The van der Waals surface area contributed by atoms with E-state index < -0.39 is 0 Å². The molecule has 0 atom stereocenters. The molecule has 1 N–H and O–H groups in total. The topological polar surface area (TPSA) is 50.9 Å². The standard InChI is InChI=1S/C10H13N3O/c1-7(2)6-9-10-8(11-12-9)4-3-5-13(10)14/h3-5,7,14H,6H2,1-2H3. The zero-order valence-electron chi connectivity index (χ0n) is 8.31. The molecule has 0 aromatic carbocycles. The third kappa shape index (κ3) is 1.43. The summed E-state index contributed by atoms with van der Waals surface area (Å²) in [5, 5.41) is 17.7. The fraction of sp³-hybridized carbons (Fsp3) is 0.400. The van der Waals surface area contributed by atoms with Gasteiger partial charge in [0.15, 0.2) is 0 Å². The van der Waals surface area contributed by atoms with Gasteiger partial charge in [0.1, 0.15) is 11.4 Å². The molecule has 0 radical (unpaired) electrons. The molecule has 74 valence electrons. The predicted molar refractivity (Wildman–Crippen MR) is 52.4 cm³/mol. The molecule has 0 spiro atoms. The second-order valence-corrected chi connectivity index (χ2v) is 3.83. The van der Waals surface area contributed by atoms with Crippen LogP contribution in [0.2, 0.25) is 0 Å². The highest BCUT2D eigenvalue weighted by Gasteiger charge is 2.17. The van der Waals surface area contributed by atoms with Crippen LogP contribution in [-0.4, -0.2) is 20.1 Å². The molecule has 0 aromatic heterocycles. The van der Waals surface area contributed by atoms with Gasteiger partial charge in [0.2, 0.25) is 0 Å². The largest absolute Gasteiger partial charge is 0.428 e. The van der Waals surface area contributed by atoms with Gasteiger partial charge < -0.3 is 5.21 Å². The minimum atomic E-state index is 0.509. The van der Waals surface area contributed by atoms with Crippen molar-refractivity contribution in [1.29, 1.82) is 0 Å². The highest BCUT2D eigenvalue weighted by Crippen LogP contribution is 2.23. The Morgan fingerprint density at radius 1 is 1.43 bits per heavy atom. The van der Waals surface area contributed by atoms with Crippen LogP contribution >= 0.6 is 0 Å². The van der Waals surface area contributed by atoms with Crippen LogP contribution in [0.4, 0.5) is 0 Å². The second-order valence-electron chi connectivity index (χ2n) is 3.83. The minimum absolute atomic E-state index is 0.509. The molecule has 0 saturated carbocycles. The van der Waals surface area contributed by atoms with Gasteiger partial charge in [0.25, 0.3) is 0 Å². The van der Waals surface area contributed by atoms with Crippen LogP contribution in [0, 0.1) is 5.92 Å². The quantitative estimate of drug-likeness (QED) is 0.736. The molecule has 0 amide bonds. The van der Waals surface area contributed by atoms with Gasteiger partial charge in [-0.15, -0.1) is 5.10 Å². The van der Waals surface area contributed by atoms with E-state index in [0.29, 0.717) is 5.92 Å². The first kappa shape index (κ1) is 8.99. The van der Waals surface area contributed by atoms with Crippen LogP contribution in [0.25, 0.3) is 11.4 Å². The highest BCUT2D eigenvalue weighted by molar-refractivity contribution is 5.58. The van der Waals surface area contributed by atoms with Crippen LogP contribution in [-0.2, 0) is 6.42 Å². The molecule has 2 rings (SSSR count). The van der Waals surface area contributed by atoms with E-state index in [1.165, 1.54) is 0 Å². The van der Waals surface area contributed by atoms with E-state index in [1.54, 1.807) is 12.3 Å². The average Bonchev–Trinajstić information content (AvgIpc) is 2.49. The van der Waals surface area contributed by atoms with E-state index in [2.05, 4.69) is 24.0 Å². The Hall–Kier alpha value is -1.58. The molecule has 4 nitrogen and oxygen atoms in total. The molecular weight excluding hydrogens is 178 g/mol. The number of hydrogen-bond donors (Lipinski definition) is 1. The van der Waals surface area contributed by atoms with Crippen molar-refractivity contribution < 1.29 is 5.21 Å². The first-order valence-electron chi connectivity index (χ1n) is 4.70. The summed E-state index contributed by atoms with van der Waals surface area (Å²) in [4.78, 5) is 0. The molecule has 2 aliphatic heterocycles. The summed E-state index contributed by atoms with van der Waals surface area (Å²) in [6, 6.07) is 3.59. The van der Waals surface area contributed by atoms with E-state index in [4.69, 9.17) is 0 Å². The summed E-state index contributed by atoms with van der Waals surface area (Å²) in [7, 11) is 0. The van der Waals surface area contributed by atoms with Gasteiger partial charge in [0.05, 0.1) is 5.69 Å². The lowest BCUT2D eigenvalue weighted by Gasteiger charge is -2.06. The van der Waals surface area contributed by atoms with Gasteiger partial charge in [0, 0.05) is 6.20 Å². The maximum absolute atomic E-state index is 9.59. The Balaban J connectivity index is 2.47. The van der Waals surface area contributed by atoms with Crippen LogP contribution in [0.15, 0.2) is 18.3 Å². The van der Waals surface area contributed by atoms with E-state index in [1.807, 2.05) is 6.07 Å². The van der Waals surface area contributed by atoms with Gasteiger partial charge in [-0.2, -0.15) is 9.83 Å². The molecule has 2 heterocycles. The van der Waals surface area contributed by atoms with Gasteiger partial charge >= 0.3 is 0 Å². The van der Waals surface area contributed by atoms with E-state index >= 15 is 0 Å². The molecular formula is C10H13N3O. The van der Waals surface area contributed by atoms with Gasteiger partial charge in [-0.3, -0.25) is 0 Å². The molecule has 4 heteroatoms. The van der Waals surface area contributed by atoms with Gasteiger partial charge in [-0.1, -0.05) is 13.8 Å². The summed E-state index contributed by atoms with van der Waals surface area (Å²) >= 11 is 0. The highest BCUT2D eigenvalue weighted by atomic mass is 16.5. The Morgan fingerprint density at radius 2 is 2.21 bits per heavy atom. The monoisotopic (exact) mass is 191 g/mol. The lowest BCUT2D eigenvalue weighted by Crippen LogP contribution is -2.02. The number of nitrogens with zero attached hydrogens (tertiary/aromatic N) is 3. The third-order valence-corrected chi connectivity index (χ3v) is 2.11. The summed E-state index contributed by atoms with van der Waals surface area (Å²) in [5.41, 5.74) is 2.32. The molecule has 0 bridgehead atoms. The predicted octanol–water partition coefficient (Wildman–Crippen LogP) is 1.82. The molecule has 0 unspecified atom stereocenters. The lowest BCUT2D eigenvalue weighted by atomic mass is 10.1. The van der Waals surface area contributed by atoms with E-state index in [0.717, 1.165) is 28.2 Å². The van der Waals surface area contributed by atoms with Crippen LogP contribution in [0.1, 0.15) is 19.5 Å². The SMILES string of the molecule is CC(C)Cc1nnc2cccn(O)c1-2. The van der Waals surface area contributed by atoms with Crippen LogP contribution < -0.4 is 0 Å². The first-order valence-corrected chi connectivity index (χ1v) is 4.70.